The second-order valence-electron chi connectivity index (χ2n) is 6.48. The van der Waals surface area contributed by atoms with Gasteiger partial charge in [0.05, 0.1) is 5.75 Å². The molecule has 1 aromatic heterocycles. The molecule has 29 heavy (non-hydrogen) atoms. The lowest BCUT2D eigenvalue weighted by Gasteiger charge is -2.17. The Morgan fingerprint density at radius 3 is 2.28 bits per heavy atom. The highest BCUT2D eigenvalue weighted by molar-refractivity contribution is 8.00. The first-order valence-corrected chi connectivity index (χ1v) is 10.1. The molecular weight excluding hydrogens is 385 g/mol. The monoisotopic (exact) mass is 403 g/mol. The third kappa shape index (κ3) is 4.12. The number of carbonyl (C=O) groups is 1. The number of fused-ring (bicyclic) bond motifs is 1. The summed E-state index contributed by atoms with van der Waals surface area (Å²) in [6, 6.07) is 23.5. The number of halogens is 1. The summed E-state index contributed by atoms with van der Waals surface area (Å²) in [7, 11) is 1.76. The molecule has 144 valence electrons. The van der Waals surface area contributed by atoms with Crippen LogP contribution in [0.15, 0.2) is 83.9 Å². The second kappa shape index (κ2) is 8.41. The molecule has 1 amide bonds. The average molecular weight is 403 g/mol. The predicted molar refractivity (Wildman–Crippen MR) is 116 cm³/mol. The van der Waals surface area contributed by atoms with Gasteiger partial charge >= 0.3 is 0 Å². The minimum Gasteiger partial charge on any atom is -0.315 e. The van der Waals surface area contributed by atoms with E-state index >= 15 is 0 Å². The van der Waals surface area contributed by atoms with Crippen LogP contribution < -0.4 is 4.90 Å². The molecule has 0 saturated heterocycles. The number of aromatic nitrogens is 2. The SMILES string of the molecule is CN(C(=O)CSc1nnc(-c2ccc(F)cc2)c2ccccc12)c1ccccc1. The van der Waals surface area contributed by atoms with Gasteiger partial charge in [-0.15, -0.1) is 10.2 Å². The summed E-state index contributed by atoms with van der Waals surface area (Å²) in [5.41, 5.74) is 2.34. The lowest BCUT2D eigenvalue weighted by atomic mass is 10.1. The summed E-state index contributed by atoms with van der Waals surface area (Å²) in [4.78, 5) is 14.2. The van der Waals surface area contributed by atoms with Gasteiger partial charge in [-0.1, -0.05) is 54.2 Å². The van der Waals surface area contributed by atoms with Crippen LogP contribution in [0.25, 0.3) is 22.0 Å². The molecule has 6 heteroatoms. The predicted octanol–water partition coefficient (Wildman–Crippen LogP) is 5.19. The number of rotatable bonds is 5. The van der Waals surface area contributed by atoms with E-state index in [1.54, 1.807) is 24.1 Å². The highest BCUT2D eigenvalue weighted by atomic mass is 32.2. The van der Waals surface area contributed by atoms with Crippen LogP contribution in [0.5, 0.6) is 0 Å². The molecule has 0 fully saturated rings. The van der Waals surface area contributed by atoms with Gasteiger partial charge in [-0.2, -0.15) is 0 Å². The molecule has 4 rings (SSSR count). The van der Waals surface area contributed by atoms with Gasteiger partial charge in [0.2, 0.25) is 5.91 Å². The lowest BCUT2D eigenvalue weighted by molar-refractivity contribution is -0.115. The van der Waals surface area contributed by atoms with Crippen molar-refractivity contribution in [1.82, 2.24) is 10.2 Å². The van der Waals surface area contributed by atoms with E-state index in [4.69, 9.17) is 0 Å². The Morgan fingerprint density at radius 2 is 1.55 bits per heavy atom. The lowest BCUT2D eigenvalue weighted by Crippen LogP contribution is -2.27. The Bertz CT molecular complexity index is 1150. The first-order chi connectivity index (χ1) is 14.1. The molecule has 0 N–H and O–H groups in total. The Balaban J connectivity index is 1.59. The zero-order chi connectivity index (χ0) is 20.2. The van der Waals surface area contributed by atoms with Crippen LogP contribution in [0.1, 0.15) is 0 Å². The van der Waals surface area contributed by atoms with Gasteiger partial charge in [0, 0.05) is 29.1 Å². The van der Waals surface area contributed by atoms with Crippen molar-refractivity contribution in [3.05, 3.63) is 84.7 Å². The number of anilines is 1. The molecule has 4 nitrogen and oxygen atoms in total. The first-order valence-electron chi connectivity index (χ1n) is 9.09. The molecule has 0 aliphatic rings. The fraction of sp³-hybridized carbons (Fsp3) is 0.0870. The van der Waals surface area contributed by atoms with E-state index < -0.39 is 0 Å². The highest BCUT2D eigenvalue weighted by Gasteiger charge is 2.15. The van der Waals surface area contributed by atoms with Gasteiger partial charge < -0.3 is 4.90 Å². The molecule has 0 aliphatic carbocycles. The van der Waals surface area contributed by atoms with E-state index in [0.717, 1.165) is 22.0 Å². The Kier molecular flexibility index (Phi) is 5.53. The van der Waals surface area contributed by atoms with Crippen LogP contribution in [0, 0.1) is 5.82 Å². The Hall–Kier alpha value is -3.25. The van der Waals surface area contributed by atoms with Gasteiger partial charge in [0.25, 0.3) is 0 Å². The van der Waals surface area contributed by atoms with Crippen molar-refractivity contribution in [2.24, 2.45) is 0 Å². The van der Waals surface area contributed by atoms with E-state index in [-0.39, 0.29) is 17.5 Å². The highest BCUT2D eigenvalue weighted by Crippen LogP contribution is 2.32. The van der Waals surface area contributed by atoms with Crippen LogP contribution >= 0.6 is 11.8 Å². The van der Waals surface area contributed by atoms with Crippen LogP contribution in [-0.4, -0.2) is 28.9 Å². The number of benzene rings is 3. The van der Waals surface area contributed by atoms with Crippen molar-refractivity contribution in [3.8, 4) is 11.3 Å². The molecular formula is C23H18FN3OS. The van der Waals surface area contributed by atoms with E-state index in [1.165, 1.54) is 23.9 Å². The summed E-state index contributed by atoms with van der Waals surface area (Å²) in [5.74, 6) is -0.0612. The summed E-state index contributed by atoms with van der Waals surface area (Å²) < 4.78 is 13.3. The zero-order valence-electron chi connectivity index (χ0n) is 15.7. The van der Waals surface area contributed by atoms with Crippen molar-refractivity contribution >= 4 is 34.1 Å². The number of hydrogen-bond acceptors (Lipinski definition) is 4. The van der Waals surface area contributed by atoms with Gasteiger partial charge in [0.15, 0.2) is 0 Å². The van der Waals surface area contributed by atoms with Gasteiger partial charge in [0.1, 0.15) is 16.5 Å². The number of hydrogen-bond donors (Lipinski definition) is 0. The van der Waals surface area contributed by atoms with Crippen LogP contribution in [0.3, 0.4) is 0 Å². The fourth-order valence-corrected chi connectivity index (χ4v) is 3.92. The van der Waals surface area contributed by atoms with Gasteiger partial charge in [-0.3, -0.25) is 4.79 Å². The summed E-state index contributed by atoms with van der Waals surface area (Å²) in [6.07, 6.45) is 0. The third-order valence-corrected chi connectivity index (χ3v) is 5.59. The number of para-hydroxylation sites is 1. The van der Waals surface area contributed by atoms with Crippen molar-refractivity contribution in [3.63, 3.8) is 0 Å². The first kappa shape index (κ1) is 19.1. The van der Waals surface area contributed by atoms with E-state index in [0.29, 0.717) is 10.7 Å². The Morgan fingerprint density at radius 1 is 0.897 bits per heavy atom. The third-order valence-electron chi connectivity index (χ3n) is 4.62. The van der Waals surface area contributed by atoms with Crippen LogP contribution in [0.2, 0.25) is 0 Å². The van der Waals surface area contributed by atoms with Gasteiger partial charge in [-0.25, -0.2) is 4.39 Å². The van der Waals surface area contributed by atoms with E-state index in [9.17, 15) is 9.18 Å². The molecule has 3 aromatic carbocycles. The molecule has 0 aliphatic heterocycles. The molecule has 0 spiro atoms. The molecule has 0 saturated carbocycles. The fourth-order valence-electron chi connectivity index (χ4n) is 3.03. The normalized spacial score (nSPS) is 10.8. The summed E-state index contributed by atoms with van der Waals surface area (Å²) in [5, 5.41) is 11.3. The zero-order valence-corrected chi connectivity index (χ0v) is 16.6. The van der Waals surface area contributed by atoms with Crippen molar-refractivity contribution in [2.75, 3.05) is 17.7 Å². The average Bonchev–Trinajstić information content (AvgIpc) is 2.78. The van der Waals surface area contributed by atoms with Crippen LogP contribution in [0.4, 0.5) is 10.1 Å². The minimum absolute atomic E-state index is 0.0188. The number of nitrogens with zero attached hydrogens (tertiary/aromatic N) is 3. The summed E-state index contributed by atoms with van der Waals surface area (Å²) >= 11 is 1.36. The molecule has 1 heterocycles. The topological polar surface area (TPSA) is 46.1 Å². The maximum absolute atomic E-state index is 13.3. The van der Waals surface area contributed by atoms with Crippen molar-refractivity contribution in [1.29, 1.82) is 0 Å². The quantitative estimate of drug-likeness (QED) is 0.430. The molecule has 0 atom stereocenters. The number of thioether (sulfide) groups is 1. The smallest absolute Gasteiger partial charge is 0.237 e. The van der Waals surface area contributed by atoms with Crippen molar-refractivity contribution < 1.29 is 9.18 Å². The number of carbonyl (C=O) groups excluding carboxylic acids is 1. The molecule has 0 radical (unpaired) electrons. The summed E-state index contributed by atoms with van der Waals surface area (Å²) in [6.45, 7) is 0. The second-order valence-corrected chi connectivity index (χ2v) is 7.45. The Labute approximate surface area is 172 Å². The van der Waals surface area contributed by atoms with Crippen LogP contribution in [-0.2, 0) is 4.79 Å². The molecule has 4 aromatic rings. The van der Waals surface area contributed by atoms with Gasteiger partial charge in [-0.05, 0) is 36.4 Å². The standard InChI is InChI=1S/C23H18FN3OS/c1-27(18-7-3-2-4-8-18)21(28)15-29-23-20-10-6-5-9-19(20)22(25-26-23)16-11-13-17(24)14-12-16/h2-14H,15H2,1H3. The molecule has 0 unspecified atom stereocenters. The maximum Gasteiger partial charge on any atom is 0.237 e. The molecule has 0 bridgehead atoms. The maximum atomic E-state index is 13.3. The van der Waals surface area contributed by atoms with Crippen molar-refractivity contribution in [2.45, 2.75) is 5.03 Å². The largest absolute Gasteiger partial charge is 0.315 e. The van der Waals surface area contributed by atoms with E-state index in [1.807, 2.05) is 54.6 Å². The number of amides is 1. The minimum atomic E-state index is -0.292. The van der Waals surface area contributed by atoms with E-state index in [2.05, 4.69) is 10.2 Å².